The molecule has 2 rings (SSSR count). The summed E-state index contributed by atoms with van der Waals surface area (Å²) >= 11 is 5.89. The van der Waals surface area contributed by atoms with Crippen molar-refractivity contribution < 1.29 is 4.79 Å². The zero-order valence-electron chi connectivity index (χ0n) is 11.0. The van der Waals surface area contributed by atoms with Crippen molar-refractivity contribution >= 4 is 23.3 Å². The number of hydrogen-bond donors (Lipinski definition) is 0. The van der Waals surface area contributed by atoms with Gasteiger partial charge in [-0.25, -0.2) is 9.78 Å². The van der Waals surface area contributed by atoms with Crippen molar-refractivity contribution in [3.63, 3.8) is 0 Å². The number of hydrogen-bond acceptors (Lipinski definition) is 2. The Hall–Kier alpha value is -1.81. The lowest BCUT2D eigenvalue weighted by atomic mass is 10.2. The third-order valence-corrected chi connectivity index (χ3v) is 3.32. The van der Waals surface area contributed by atoms with Crippen LogP contribution in [0.2, 0.25) is 5.02 Å². The van der Waals surface area contributed by atoms with Gasteiger partial charge in [0, 0.05) is 29.1 Å². The predicted molar refractivity (Wildman–Crippen MR) is 76.7 cm³/mol. The van der Waals surface area contributed by atoms with Gasteiger partial charge in [0.05, 0.1) is 0 Å². The van der Waals surface area contributed by atoms with E-state index in [0.717, 1.165) is 12.1 Å². The first kappa shape index (κ1) is 13.6. The summed E-state index contributed by atoms with van der Waals surface area (Å²) in [5.41, 5.74) is 0.831. The summed E-state index contributed by atoms with van der Waals surface area (Å²) < 4.78 is 1.47. The third kappa shape index (κ3) is 2.96. The molecule has 1 aromatic carbocycles. The fourth-order valence-corrected chi connectivity index (χ4v) is 1.96. The lowest BCUT2D eigenvalue weighted by molar-refractivity contribution is 0.245. The molecule has 1 unspecified atom stereocenters. The molecule has 19 heavy (non-hydrogen) atoms. The number of imidazole rings is 1. The van der Waals surface area contributed by atoms with Crippen LogP contribution in [0.3, 0.4) is 0 Å². The maximum atomic E-state index is 12.5. The number of aromatic nitrogens is 2. The van der Waals surface area contributed by atoms with E-state index in [2.05, 4.69) is 11.9 Å². The van der Waals surface area contributed by atoms with Crippen molar-refractivity contribution in [2.75, 3.05) is 4.90 Å². The Morgan fingerprint density at radius 2 is 2.11 bits per heavy atom. The molecule has 0 aliphatic carbocycles. The summed E-state index contributed by atoms with van der Waals surface area (Å²) in [7, 11) is 0. The molecule has 1 aromatic heterocycles. The normalized spacial score (nSPS) is 12.2. The summed E-state index contributed by atoms with van der Waals surface area (Å²) in [5, 5.41) is 0.655. The minimum atomic E-state index is -0.117. The Balaban J connectivity index is 2.36. The van der Waals surface area contributed by atoms with Crippen LogP contribution in [0.15, 0.2) is 43.0 Å². The number of benzene rings is 1. The number of carbonyl (C=O) groups is 1. The maximum Gasteiger partial charge on any atom is 0.334 e. The van der Waals surface area contributed by atoms with Gasteiger partial charge in [0.15, 0.2) is 0 Å². The first-order chi connectivity index (χ1) is 9.13. The van der Waals surface area contributed by atoms with Crippen LogP contribution >= 0.6 is 11.6 Å². The van der Waals surface area contributed by atoms with Crippen LogP contribution in [0.1, 0.15) is 20.3 Å². The number of anilines is 1. The van der Waals surface area contributed by atoms with Gasteiger partial charge in [-0.15, -0.1) is 0 Å². The summed E-state index contributed by atoms with van der Waals surface area (Å²) in [4.78, 5) is 18.2. The molecule has 5 heteroatoms. The first-order valence-corrected chi connectivity index (χ1v) is 6.58. The molecule has 4 nitrogen and oxygen atoms in total. The largest absolute Gasteiger partial charge is 0.334 e. The predicted octanol–water partition coefficient (Wildman–Crippen LogP) is 3.81. The average Bonchev–Trinajstić information content (AvgIpc) is 2.95. The van der Waals surface area contributed by atoms with Crippen LogP contribution < -0.4 is 4.90 Å². The molecule has 0 N–H and O–H groups in total. The summed E-state index contributed by atoms with van der Waals surface area (Å²) in [5.74, 6) is 0. The topological polar surface area (TPSA) is 38.1 Å². The van der Waals surface area contributed by atoms with Crippen molar-refractivity contribution in [1.82, 2.24) is 9.55 Å². The molecule has 0 aliphatic rings. The summed E-state index contributed by atoms with van der Waals surface area (Å²) in [6.45, 7) is 4.07. The number of halogens is 1. The van der Waals surface area contributed by atoms with Crippen molar-refractivity contribution in [2.24, 2.45) is 0 Å². The molecule has 0 aliphatic heterocycles. The van der Waals surface area contributed by atoms with E-state index in [1.54, 1.807) is 29.4 Å². The van der Waals surface area contributed by atoms with Crippen molar-refractivity contribution in [3.05, 3.63) is 48.0 Å². The smallest absolute Gasteiger partial charge is 0.291 e. The highest BCUT2D eigenvalue weighted by Crippen LogP contribution is 2.22. The molecule has 2 aromatic rings. The van der Waals surface area contributed by atoms with Gasteiger partial charge in [0.25, 0.3) is 0 Å². The quantitative estimate of drug-likeness (QED) is 0.856. The van der Waals surface area contributed by atoms with Crippen molar-refractivity contribution in [2.45, 2.75) is 26.3 Å². The maximum absolute atomic E-state index is 12.5. The van der Waals surface area contributed by atoms with Gasteiger partial charge in [-0.2, -0.15) is 0 Å². The van der Waals surface area contributed by atoms with Crippen LogP contribution in [0, 0.1) is 0 Å². The number of amides is 1. The van der Waals surface area contributed by atoms with Crippen LogP contribution in [0.5, 0.6) is 0 Å². The van der Waals surface area contributed by atoms with E-state index in [9.17, 15) is 4.79 Å². The van der Waals surface area contributed by atoms with Gasteiger partial charge in [0.1, 0.15) is 6.33 Å². The molecule has 0 spiro atoms. The van der Waals surface area contributed by atoms with E-state index in [4.69, 9.17) is 11.6 Å². The fraction of sp³-hybridized carbons (Fsp3) is 0.286. The molecule has 0 bridgehead atoms. The van der Waals surface area contributed by atoms with E-state index in [0.29, 0.717) is 5.02 Å². The van der Waals surface area contributed by atoms with Gasteiger partial charge in [-0.05, 0) is 37.6 Å². The zero-order chi connectivity index (χ0) is 13.8. The first-order valence-electron chi connectivity index (χ1n) is 6.20. The monoisotopic (exact) mass is 277 g/mol. The summed E-state index contributed by atoms with van der Waals surface area (Å²) in [6, 6.07) is 7.25. The number of nitrogens with zero attached hydrogens (tertiary/aromatic N) is 3. The van der Waals surface area contributed by atoms with Crippen LogP contribution in [-0.4, -0.2) is 21.6 Å². The van der Waals surface area contributed by atoms with Gasteiger partial charge in [-0.1, -0.05) is 18.5 Å². The third-order valence-electron chi connectivity index (χ3n) is 3.07. The molecule has 0 fully saturated rings. The van der Waals surface area contributed by atoms with Crippen molar-refractivity contribution in [1.29, 1.82) is 0 Å². The highest BCUT2D eigenvalue weighted by molar-refractivity contribution is 6.30. The Morgan fingerprint density at radius 1 is 1.42 bits per heavy atom. The second-order valence-electron chi connectivity index (χ2n) is 4.36. The van der Waals surface area contributed by atoms with Crippen LogP contribution in [0.4, 0.5) is 10.5 Å². The van der Waals surface area contributed by atoms with Crippen LogP contribution in [0.25, 0.3) is 0 Å². The van der Waals surface area contributed by atoms with E-state index in [-0.39, 0.29) is 12.1 Å². The van der Waals surface area contributed by atoms with Gasteiger partial charge in [0.2, 0.25) is 0 Å². The Bertz CT molecular complexity index is 536. The Kier molecular flexibility index (Phi) is 4.22. The lowest BCUT2D eigenvalue weighted by Crippen LogP contribution is -2.40. The van der Waals surface area contributed by atoms with Gasteiger partial charge >= 0.3 is 6.03 Å². The molecule has 0 radical (unpaired) electrons. The molecule has 1 heterocycles. The van der Waals surface area contributed by atoms with Crippen molar-refractivity contribution in [3.8, 4) is 0 Å². The average molecular weight is 278 g/mol. The zero-order valence-corrected chi connectivity index (χ0v) is 11.7. The number of carbonyl (C=O) groups excluding carboxylic acids is 1. The van der Waals surface area contributed by atoms with E-state index < -0.39 is 0 Å². The van der Waals surface area contributed by atoms with Crippen LogP contribution in [-0.2, 0) is 0 Å². The fourth-order valence-electron chi connectivity index (χ4n) is 1.83. The Morgan fingerprint density at radius 3 is 2.63 bits per heavy atom. The highest BCUT2D eigenvalue weighted by atomic mass is 35.5. The molecular formula is C14H16ClN3O. The number of rotatable bonds is 3. The molecule has 100 valence electrons. The van der Waals surface area contributed by atoms with E-state index in [1.165, 1.54) is 10.9 Å². The molecule has 1 atom stereocenters. The van der Waals surface area contributed by atoms with Gasteiger partial charge in [-0.3, -0.25) is 9.47 Å². The molecule has 1 amide bonds. The van der Waals surface area contributed by atoms with E-state index in [1.807, 2.05) is 19.1 Å². The second kappa shape index (κ2) is 5.89. The van der Waals surface area contributed by atoms with E-state index >= 15 is 0 Å². The standard InChI is InChI=1S/C14H16ClN3O/c1-3-11(2)18(13-6-4-12(15)5-7-13)14(19)17-9-8-16-10-17/h4-11H,3H2,1-2H3. The lowest BCUT2D eigenvalue weighted by Gasteiger charge is -2.28. The SMILES string of the molecule is CCC(C)N(C(=O)n1ccnc1)c1ccc(Cl)cc1. The summed E-state index contributed by atoms with van der Waals surface area (Å²) in [6.07, 6.45) is 5.61. The Labute approximate surface area is 117 Å². The second-order valence-corrected chi connectivity index (χ2v) is 4.79. The molecule has 0 saturated carbocycles. The minimum absolute atomic E-state index is 0.0936. The highest BCUT2D eigenvalue weighted by Gasteiger charge is 2.21. The van der Waals surface area contributed by atoms with Gasteiger partial charge < -0.3 is 0 Å². The molecular weight excluding hydrogens is 262 g/mol. The molecule has 0 saturated heterocycles. The minimum Gasteiger partial charge on any atom is -0.291 e.